The lowest BCUT2D eigenvalue weighted by atomic mass is 9.74. The highest BCUT2D eigenvalue weighted by Gasteiger charge is 2.51. The highest BCUT2D eigenvalue weighted by atomic mass is 16.6. The van der Waals surface area contributed by atoms with Gasteiger partial charge in [0.15, 0.2) is 6.10 Å². The fourth-order valence-corrected chi connectivity index (χ4v) is 2.75. The average Bonchev–Trinajstić information content (AvgIpc) is 2.35. The number of carbonyl (C=O) groups excluding carboxylic acids is 3. The summed E-state index contributed by atoms with van der Waals surface area (Å²) in [6.07, 6.45) is -3.59. The Labute approximate surface area is 123 Å². The summed E-state index contributed by atoms with van der Waals surface area (Å²) < 4.78 is 15.5. The van der Waals surface area contributed by atoms with Crippen molar-refractivity contribution in [2.75, 3.05) is 0 Å². The van der Waals surface area contributed by atoms with Crippen LogP contribution < -0.4 is 0 Å². The Morgan fingerprint density at radius 1 is 0.714 bits per heavy atom. The molecule has 1 aliphatic carbocycles. The second-order valence-electron chi connectivity index (χ2n) is 5.43. The van der Waals surface area contributed by atoms with E-state index in [1.165, 1.54) is 20.8 Å². The van der Waals surface area contributed by atoms with Crippen molar-refractivity contribution < 1.29 is 33.7 Å². The first-order chi connectivity index (χ1) is 9.65. The number of carbonyl (C=O) groups is 3. The molecule has 21 heavy (non-hydrogen) atoms. The zero-order valence-electron chi connectivity index (χ0n) is 12.9. The lowest BCUT2D eigenvalue weighted by Crippen LogP contribution is -2.60. The second kappa shape index (κ2) is 6.89. The van der Waals surface area contributed by atoms with Crippen molar-refractivity contribution >= 4 is 17.9 Å². The van der Waals surface area contributed by atoms with E-state index in [9.17, 15) is 19.5 Å². The van der Waals surface area contributed by atoms with E-state index in [-0.39, 0.29) is 0 Å². The molecule has 1 N–H and O–H groups in total. The largest absolute Gasteiger partial charge is 0.462 e. The summed E-state index contributed by atoms with van der Waals surface area (Å²) in [4.78, 5) is 33.7. The molecule has 0 aromatic rings. The predicted molar refractivity (Wildman–Crippen MR) is 71.0 cm³/mol. The third-order valence-electron chi connectivity index (χ3n) is 3.66. The van der Waals surface area contributed by atoms with Gasteiger partial charge >= 0.3 is 17.9 Å². The summed E-state index contributed by atoms with van der Waals surface area (Å²) in [5.74, 6) is -2.51. The van der Waals surface area contributed by atoms with Crippen molar-refractivity contribution in [2.24, 2.45) is 11.8 Å². The average molecular weight is 302 g/mol. The summed E-state index contributed by atoms with van der Waals surface area (Å²) in [6, 6.07) is 0. The molecule has 0 amide bonds. The van der Waals surface area contributed by atoms with Crippen molar-refractivity contribution in [3.05, 3.63) is 0 Å². The molecule has 0 bridgehead atoms. The molecule has 0 aliphatic heterocycles. The van der Waals surface area contributed by atoms with Crippen LogP contribution in [0.5, 0.6) is 0 Å². The molecule has 7 nitrogen and oxygen atoms in total. The molecule has 6 atom stereocenters. The molecule has 0 saturated heterocycles. The zero-order chi connectivity index (χ0) is 16.3. The molecular formula is C14H22O7. The van der Waals surface area contributed by atoms with Crippen LogP contribution in [0.4, 0.5) is 0 Å². The van der Waals surface area contributed by atoms with E-state index in [4.69, 9.17) is 14.2 Å². The fraction of sp³-hybridized carbons (Fsp3) is 0.786. The van der Waals surface area contributed by atoms with E-state index >= 15 is 0 Å². The van der Waals surface area contributed by atoms with Crippen LogP contribution in [0.25, 0.3) is 0 Å². The molecule has 1 saturated carbocycles. The molecule has 1 rings (SSSR count). The number of aliphatic hydroxyl groups is 1. The number of hydrogen-bond donors (Lipinski definition) is 1. The van der Waals surface area contributed by atoms with Crippen LogP contribution >= 0.6 is 0 Å². The van der Waals surface area contributed by atoms with Crippen molar-refractivity contribution in [3.8, 4) is 0 Å². The molecule has 0 aromatic heterocycles. The SMILES string of the molecule is CC(=O)OC1C(OC(C)=O)[C@H](O)[C@H](C)C(OC(C)=O)[C@@H]1C. The first-order valence-electron chi connectivity index (χ1n) is 6.84. The van der Waals surface area contributed by atoms with Gasteiger partial charge in [0.05, 0.1) is 0 Å². The van der Waals surface area contributed by atoms with Crippen LogP contribution in [0.1, 0.15) is 34.6 Å². The zero-order valence-corrected chi connectivity index (χ0v) is 12.9. The third-order valence-corrected chi connectivity index (χ3v) is 3.66. The number of hydrogen-bond acceptors (Lipinski definition) is 7. The van der Waals surface area contributed by atoms with Gasteiger partial charge < -0.3 is 19.3 Å². The molecule has 1 fully saturated rings. The number of aliphatic hydroxyl groups excluding tert-OH is 1. The fourth-order valence-electron chi connectivity index (χ4n) is 2.75. The molecule has 120 valence electrons. The quantitative estimate of drug-likeness (QED) is 0.596. The standard InChI is InChI=1S/C14H22O7/c1-6-11(18)14(21-10(5)17)13(20-9(4)16)7(2)12(6)19-8(3)15/h6-7,11-14,18H,1-5H3/t6-,7-,11+,12?,13?,14?/m0/s1. The molecule has 7 heteroatoms. The van der Waals surface area contributed by atoms with E-state index in [0.717, 1.165) is 0 Å². The van der Waals surface area contributed by atoms with Gasteiger partial charge in [0, 0.05) is 32.6 Å². The normalized spacial score (nSPS) is 35.7. The maximum absolute atomic E-state index is 11.3. The second-order valence-corrected chi connectivity index (χ2v) is 5.43. The summed E-state index contributed by atoms with van der Waals surface area (Å²) in [5.41, 5.74) is 0. The van der Waals surface area contributed by atoms with Gasteiger partial charge in [-0.25, -0.2) is 0 Å². The van der Waals surface area contributed by atoms with Crippen LogP contribution in [0, 0.1) is 11.8 Å². The maximum atomic E-state index is 11.3. The van der Waals surface area contributed by atoms with Crippen molar-refractivity contribution in [3.63, 3.8) is 0 Å². The molecular weight excluding hydrogens is 280 g/mol. The third kappa shape index (κ3) is 4.17. The van der Waals surface area contributed by atoms with Gasteiger partial charge in [0.25, 0.3) is 0 Å². The van der Waals surface area contributed by atoms with Gasteiger partial charge in [-0.05, 0) is 0 Å². The van der Waals surface area contributed by atoms with Gasteiger partial charge in [-0.1, -0.05) is 13.8 Å². The first kappa shape index (κ1) is 17.4. The minimum Gasteiger partial charge on any atom is -0.462 e. The van der Waals surface area contributed by atoms with Crippen molar-refractivity contribution in [1.82, 2.24) is 0 Å². The van der Waals surface area contributed by atoms with Gasteiger partial charge in [-0.3, -0.25) is 14.4 Å². The highest BCUT2D eigenvalue weighted by Crippen LogP contribution is 2.36. The summed E-state index contributed by atoms with van der Waals surface area (Å²) >= 11 is 0. The number of rotatable bonds is 3. The summed E-state index contributed by atoms with van der Waals surface area (Å²) in [7, 11) is 0. The van der Waals surface area contributed by atoms with E-state index in [2.05, 4.69) is 0 Å². The van der Waals surface area contributed by atoms with Crippen LogP contribution in [0.3, 0.4) is 0 Å². The van der Waals surface area contributed by atoms with Crippen LogP contribution in [0.2, 0.25) is 0 Å². The molecule has 1 aliphatic rings. The highest BCUT2D eigenvalue weighted by molar-refractivity contribution is 5.68. The Morgan fingerprint density at radius 3 is 1.52 bits per heavy atom. The first-order valence-corrected chi connectivity index (χ1v) is 6.84. The minimum absolute atomic E-state index is 0.416. The van der Waals surface area contributed by atoms with Gasteiger partial charge in [-0.15, -0.1) is 0 Å². The van der Waals surface area contributed by atoms with E-state index in [0.29, 0.717) is 0 Å². The van der Waals surface area contributed by atoms with Gasteiger partial charge in [-0.2, -0.15) is 0 Å². The van der Waals surface area contributed by atoms with Crippen molar-refractivity contribution in [2.45, 2.75) is 59.0 Å². The molecule has 0 spiro atoms. The van der Waals surface area contributed by atoms with E-state index in [1.54, 1.807) is 13.8 Å². The molecule has 0 aromatic carbocycles. The Hall–Kier alpha value is -1.63. The van der Waals surface area contributed by atoms with Gasteiger partial charge in [0.2, 0.25) is 0 Å². The smallest absolute Gasteiger partial charge is 0.303 e. The molecule has 0 heterocycles. The predicted octanol–water partition coefficient (Wildman–Crippen LogP) is 0.428. The van der Waals surface area contributed by atoms with Crippen molar-refractivity contribution in [1.29, 1.82) is 0 Å². The summed E-state index contributed by atoms with van der Waals surface area (Å²) in [6.45, 7) is 7.12. The van der Waals surface area contributed by atoms with Crippen LogP contribution in [0.15, 0.2) is 0 Å². The van der Waals surface area contributed by atoms with Gasteiger partial charge in [0.1, 0.15) is 18.3 Å². The monoisotopic (exact) mass is 302 g/mol. The van der Waals surface area contributed by atoms with E-state index in [1.807, 2.05) is 0 Å². The molecule has 3 unspecified atom stereocenters. The topological polar surface area (TPSA) is 99.1 Å². The Morgan fingerprint density at radius 2 is 1.10 bits per heavy atom. The minimum atomic E-state index is -1.10. The number of esters is 3. The Kier molecular flexibility index (Phi) is 5.71. The molecule has 0 radical (unpaired) electrons. The maximum Gasteiger partial charge on any atom is 0.303 e. The summed E-state index contributed by atoms with van der Waals surface area (Å²) in [5, 5.41) is 10.3. The van der Waals surface area contributed by atoms with E-state index < -0.39 is 54.2 Å². The Balaban J connectivity index is 3.06. The Bertz CT molecular complexity index is 420. The van der Waals surface area contributed by atoms with Crippen LogP contribution in [-0.2, 0) is 28.6 Å². The van der Waals surface area contributed by atoms with Crippen LogP contribution in [-0.4, -0.2) is 47.4 Å². The lowest BCUT2D eigenvalue weighted by molar-refractivity contribution is -0.216. The number of ether oxygens (including phenoxy) is 3. The lowest BCUT2D eigenvalue weighted by Gasteiger charge is -2.45.